The van der Waals surface area contributed by atoms with E-state index in [0.717, 1.165) is 33.5 Å². The molecule has 4 aromatic rings. The molecule has 2 heterocycles. The van der Waals surface area contributed by atoms with Gasteiger partial charge in [0.1, 0.15) is 0 Å². The largest absolute Gasteiger partial charge is 0.322 e. The number of benzene rings is 2. The molecule has 0 aliphatic heterocycles. The minimum Gasteiger partial charge on any atom is -0.322 e. The van der Waals surface area contributed by atoms with Crippen LogP contribution in [0.4, 0.5) is 5.69 Å². The lowest BCUT2D eigenvalue weighted by molar-refractivity contribution is 0.102. The number of hydrogen-bond acceptors (Lipinski definition) is 5. The van der Waals surface area contributed by atoms with E-state index in [4.69, 9.17) is 0 Å². The standard InChI is InChI=1S/C22H20N6O/c1-14-4-5-17(21-25-26-27-28(21)3)12-20(14)16-6-8-18(9-7-16)24-22(29)19-10-11-23-13-15(19)2/h4-13H,1-3H3,(H,24,29). The van der Waals surface area contributed by atoms with Crippen molar-refractivity contribution >= 4 is 11.6 Å². The first-order valence-corrected chi connectivity index (χ1v) is 9.19. The molecule has 1 N–H and O–H groups in total. The second kappa shape index (κ2) is 7.63. The Kier molecular flexibility index (Phi) is 4.87. The van der Waals surface area contributed by atoms with Crippen LogP contribution >= 0.6 is 0 Å². The summed E-state index contributed by atoms with van der Waals surface area (Å²) in [6.07, 6.45) is 3.30. The van der Waals surface area contributed by atoms with Gasteiger partial charge in [0.2, 0.25) is 0 Å². The molecule has 0 radical (unpaired) electrons. The molecule has 0 spiro atoms. The zero-order valence-electron chi connectivity index (χ0n) is 16.4. The molecular weight excluding hydrogens is 364 g/mol. The van der Waals surface area contributed by atoms with Crippen molar-refractivity contribution in [2.45, 2.75) is 13.8 Å². The number of nitrogens with zero attached hydrogens (tertiary/aromatic N) is 5. The molecule has 0 atom stereocenters. The summed E-state index contributed by atoms with van der Waals surface area (Å²) in [4.78, 5) is 16.5. The van der Waals surface area contributed by atoms with Crippen molar-refractivity contribution in [2.24, 2.45) is 7.05 Å². The van der Waals surface area contributed by atoms with Crippen molar-refractivity contribution in [3.63, 3.8) is 0 Å². The maximum atomic E-state index is 12.5. The lowest BCUT2D eigenvalue weighted by Crippen LogP contribution is -2.13. The lowest BCUT2D eigenvalue weighted by Gasteiger charge is -2.11. The third-order valence-corrected chi connectivity index (χ3v) is 4.83. The number of hydrogen-bond donors (Lipinski definition) is 1. The second-order valence-electron chi connectivity index (χ2n) is 6.88. The van der Waals surface area contributed by atoms with E-state index in [9.17, 15) is 4.79 Å². The second-order valence-corrected chi connectivity index (χ2v) is 6.88. The van der Waals surface area contributed by atoms with E-state index in [1.54, 1.807) is 23.1 Å². The van der Waals surface area contributed by atoms with Gasteiger partial charge in [0.05, 0.1) is 0 Å². The van der Waals surface area contributed by atoms with Crippen LogP contribution in [0, 0.1) is 13.8 Å². The summed E-state index contributed by atoms with van der Waals surface area (Å²) >= 11 is 0. The smallest absolute Gasteiger partial charge is 0.256 e. The van der Waals surface area contributed by atoms with Crippen LogP contribution in [0.5, 0.6) is 0 Å². The van der Waals surface area contributed by atoms with Crippen molar-refractivity contribution in [1.82, 2.24) is 25.2 Å². The molecule has 0 aliphatic rings. The topological polar surface area (TPSA) is 85.6 Å². The molecule has 0 saturated carbocycles. The first-order valence-electron chi connectivity index (χ1n) is 9.19. The van der Waals surface area contributed by atoms with E-state index in [-0.39, 0.29) is 5.91 Å². The summed E-state index contributed by atoms with van der Waals surface area (Å²) in [7, 11) is 1.82. The average Bonchev–Trinajstić information content (AvgIpc) is 3.15. The minimum atomic E-state index is -0.148. The maximum absolute atomic E-state index is 12.5. The molecule has 0 saturated heterocycles. The van der Waals surface area contributed by atoms with Gasteiger partial charge < -0.3 is 5.32 Å². The number of carbonyl (C=O) groups excluding carboxylic acids is 1. The number of aromatic nitrogens is 5. The first-order chi connectivity index (χ1) is 14.0. The number of rotatable bonds is 4. The zero-order chi connectivity index (χ0) is 20.4. The van der Waals surface area contributed by atoms with Crippen LogP contribution in [0.1, 0.15) is 21.5 Å². The molecule has 0 unspecified atom stereocenters. The van der Waals surface area contributed by atoms with Crippen LogP contribution in [-0.4, -0.2) is 31.1 Å². The van der Waals surface area contributed by atoms with Crippen LogP contribution in [-0.2, 0) is 7.05 Å². The van der Waals surface area contributed by atoms with Crippen LogP contribution in [0.3, 0.4) is 0 Å². The molecular formula is C22H20N6O. The number of tetrazole rings is 1. The van der Waals surface area contributed by atoms with Crippen molar-refractivity contribution in [2.75, 3.05) is 5.32 Å². The Labute approximate surface area is 168 Å². The van der Waals surface area contributed by atoms with Gasteiger partial charge in [-0.05, 0) is 70.8 Å². The van der Waals surface area contributed by atoms with Gasteiger partial charge in [-0.2, -0.15) is 0 Å². The minimum absolute atomic E-state index is 0.148. The van der Waals surface area contributed by atoms with E-state index in [1.165, 1.54) is 0 Å². The third-order valence-electron chi connectivity index (χ3n) is 4.83. The lowest BCUT2D eigenvalue weighted by atomic mass is 9.97. The number of aryl methyl sites for hydroxylation is 3. The predicted molar refractivity (Wildman–Crippen MR) is 111 cm³/mol. The molecule has 0 aliphatic carbocycles. The van der Waals surface area contributed by atoms with Crippen molar-refractivity contribution in [3.8, 4) is 22.5 Å². The van der Waals surface area contributed by atoms with Crippen molar-refractivity contribution in [3.05, 3.63) is 77.6 Å². The molecule has 0 fully saturated rings. The molecule has 144 valence electrons. The van der Waals surface area contributed by atoms with E-state index in [2.05, 4.69) is 44.9 Å². The molecule has 2 aromatic heterocycles. The Hall–Kier alpha value is -3.87. The highest BCUT2D eigenvalue weighted by Gasteiger charge is 2.11. The number of nitrogens with one attached hydrogen (secondary N) is 1. The summed E-state index contributed by atoms with van der Waals surface area (Å²) in [6.45, 7) is 3.93. The number of carbonyl (C=O) groups is 1. The van der Waals surface area contributed by atoms with Crippen LogP contribution in [0.15, 0.2) is 60.9 Å². The van der Waals surface area contributed by atoms with E-state index >= 15 is 0 Å². The Balaban J connectivity index is 1.59. The van der Waals surface area contributed by atoms with E-state index in [0.29, 0.717) is 11.4 Å². The number of anilines is 1. The summed E-state index contributed by atoms with van der Waals surface area (Å²) in [5.74, 6) is 0.563. The highest BCUT2D eigenvalue weighted by Crippen LogP contribution is 2.29. The Morgan fingerprint density at radius 1 is 0.966 bits per heavy atom. The molecule has 7 nitrogen and oxygen atoms in total. The van der Waals surface area contributed by atoms with Gasteiger partial charge in [0.15, 0.2) is 5.82 Å². The number of amides is 1. The normalized spacial score (nSPS) is 10.7. The molecule has 2 aromatic carbocycles. The fourth-order valence-corrected chi connectivity index (χ4v) is 3.21. The summed E-state index contributed by atoms with van der Waals surface area (Å²) < 4.78 is 1.65. The van der Waals surface area contributed by atoms with Gasteiger partial charge in [-0.25, -0.2) is 4.68 Å². The fourth-order valence-electron chi connectivity index (χ4n) is 3.21. The zero-order valence-corrected chi connectivity index (χ0v) is 16.4. The van der Waals surface area contributed by atoms with Crippen LogP contribution in [0.25, 0.3) is 22.5 Å². The molecule has 29 heavy (non-hydrogen) atoms. The molecule has 0 bridgehead atoms. The van der Waals surface area contributed by atoms with Gasteiger partial charge in [-0.1, -0.05) is 24.3 Å². The molecule has 4 rings (SSSR count). The van der Waals surface area contributed by atoms with Gasteiger partial charge >= 0.3 is 0 Å². The Morgan fingerprint density at radius 2 is 1.72 bits per heavy atom. The van der Waals surface area contributed by atoms with Crippen LogP contribution < -0.4 is 5.32 Å². The molecule has 1 amide bonds. The van der Waals surface area contributed by atoms with Gasteiger partial charge in [0, 0.05) is 36.3 Å². The highest BCUT2D eigenvalue weighted by atomic mass is 16.1. The fraction of sp³-hybridized carbons (Fsp3) is 0.136. The summed E-state index contributed by atoms with van der Waals surface area (Å²) in [6, 6.07) is 15.7. The Bertz CT molecular complexity index is 1180. The van der Waals surface area contributed by atoms with Gasteiger partial charge in [-0.15, -0.1) is 5.10 Å². The van der Waals surface area contributed by atoms with Gasteiger partial charge in [-0.3, -0.25) is 9.78 Å². The summed E-state index contributed by atoms with van der Waals surface area (Å²) in [5, 5.41) is 14.6. The van der Waals surface area contributed by atoms with Crippen molar-refractivity contribution < 1.29 is 4.79 Å². The summed E-state index contributed by atoms with van der Waals surface area (Å²) in [5.41, 5.74) is 6.43. The maximum Gasteiger partial charge on any atom is 0.256 e. The SMILES string of the molecule is Cc1cnccc1C(=O)Nc1ccc(-c2cc(-c3nnnn3C)ccc2C)cc1. The predicted octanol–water partition coefficient (Wildman–Crippen LogP) is 3.81. The van der Waals surface area contributed by atoms with Crippen molar-refractivity contribution in [1.29, 1.82) is 0 Å². The van der Waals surface area contributed by atoms with E-state index in [1.807, 2.05) is 44.3 Å². The van der Waals surface area contributed by atoms with E-state index < -0.39 is 0 Å². The highest BCUT2D eigenvalue weighted by molar-refractivity contribution is 6.05. The first kappa shape index (κ1) is 18.5. The molecule has 7 heteroatoms. The number of pyridine rings is 1. The quantitative estimate of drug-likeness (QED) is 0.578. The average molecular weight is 384 g/mol. The van der Waals surface area contributed by atoms with Gasteiger partial charge in [0.25, 0.3) is 5.91 Å². The third kappa shape index (κ3) is 3.75. The Morgan fingerprint density at radius 3 is 2.41 bits per heavy atom. The van der Waals surface area contributed by atoms with Crippen LogP contribution in [0.2, 0.25) is 0 Å². The monoisotopic (exact) mass is 384 g/mol.